The van der Waals surface area contributed by atoms with Crippen LogP contribution in [0.5, 0.6) is 0 Å². The van der Waals surface area contributed by atoms with Crippen LogP contribution in [0.15, 0.2) is 53.6 Å². The second kappa shape index (κ2) is 8.45. The lowest BCUT2D eigenvalue weighted by Crippen LogP contribution is -2.46. The molecule has 1 unspecified atom stereocenters. The van der Waals surface area contributed by atoms with Gasteiger partial charge in [0.25, 0.3) is 0 Å². The first kappa shape index (κ1) is 21.8. The predicted molar refractivity (Wildman–Crippen MR) is 115 cm³/mol. The van der Waals surface area contributed by atoms with Crippen LogP contribution in [-0.2, 0) is 14.3 Å². The zero-order valence-corrected chi connectivity index (χ0v) is 18.1. The number of urea groups is 1. The van der Waals surface area contributed by atoms with Gasteiger partial charge in [-0.15, -0.1) is 0 Å². The van der Waals surface area contributed by atoms with Gasteiger partial charge in [0.15, 0.2) is 0 Å². The number of amides is 3. The predicted octanol–water partition coefficient (Wildman–Crippen LogP) is 4.37. The van der Waals surface area contributed by atoms with Crippen LogP contribution in [0.1, 0.15) is 19.4 Å². The number of nitrogens with zero attached hydrogens (tertiary/aromatic N) is 3. The summed E-state index contributed by atoms with van der Waals surface area (Å²) in [6.07, 6.45) is 0. The molecule has 0 saturated heterocycles. The molecule has 1 atom stereocenters. The van der Waals surface area contributed by atoms with Gasteiger partial charge in [-0.2, -0.15) is 5.10 Å². The first-order valence-corrected chi connectivity index (χ1v) is 9.74. The van der Waals surface area contributed by atoms with Gasteiger partial charge in [-0.3, -0.25) is 9.59 Å². The van der Waals surface area contributed by atoms with E-state index in [1.807, 2.05) is 0 Å². The number of methoxy groups -OCH3 is 1. The maximum absolute atomic E-state index is 13.2. The van der Waals surface area contributed by atoms with Gasteiger partial charge in [0, 0.05) is 17.0 Å². The number of carbonyl (C=O) groups excluding carboxylic acids is 3. The highest BCUT2D eigenvalue weighted by atomic mass is 35.5. The number of rotatable bonds is 3. The van der Waals surface area contributed by atoms with E-state index >= 15 is 0 Å². The molecular weight excluding hydrogens is 429 g/mol. The number of benzene rings is 2. The molecule has 1 heterocycles. The standard InChI is InChI=1S/C21H19Cl2N3O4/c1-13(27)26(17-10-8-16(23)9-11-17)20(29)25-12-21(2,19(28)30-3)18(24-25)14-4-6-15(22)7-5-14/h4-11H,12H2,1-3H3. The molecule has 0 spiro atoms. The Hall–Kier alpha value is -2.90. The molecule has 1 aliphatic rings. The molecular formula is C21H19Cl2N3O4. The molecule has 3 rings (SSSR count). The summed E-state index contributed by atoms with van der Waals surface area (Å²) in [5, 5.41) is 6.48. The summed E-state index contributed by atoms with van der Waals surface area (Å²) in [4.78, 5) is 39.1. The Labute approximate surface area is 183 Å². The van der Waals surface area contributed by atoms with E-state index in [9.17, 15) is 14.4 Å². The molecule has 0 radical (unpaired) electrons. The van der Waals surface area contributed by atoms with Gasteiger partial charge < -0.3 is 4.74 Å². The van der Waals surface area contributed by atoms with Crippen molar-refractivity contribution in [3.63, 3.8) is 0 Å². The monoisotopic (exact) mass is 447 g/mol. The van der Waals surface area contributed by atoms with Gasteiger partial charge >= 0.3 is 12.0 Å². The first-order valence-electron chi connectivity index (χ1n) is 8.98. The van der Waals surface area contributed by atoms with Gasteiger partial charge in [0.05, 0.1) is 25.1 Å². The van der Waals surface area contributed by atoms with Gasteiger partial charge in [-0.25, -0.2) is 14.7 Å². The molecule has 3 amide bonds. The van der Waals surface area contributed by atoms with Crippen molar-refractivity contribution >= 4 is 52.5 Å². The maximum Gasteiger partial charge on any atom is 0.351 e. The van der Waals surface area contributed by atoms with Crippen LogP contribution < -0.4 is 4.90 Å². The molecule has 1 aliphatic heterocycles. The zero-order valence-electron chi connectivity index (χ0n) is 16.6. The van der Waals surface area contributed by atoms with Crippen LogP contribution in [0.4, 0.5) is 10.5 Å². The van der Waals surface area contributed by atoms with Crippen molar-refractivity contribution in [2.45, 2.75) is 13.8 Å². The van der Waals surface area contributed by atoms with Crippen molar-refractivity contribution in [1.82, 2.24) is 5.01 Å². The van der Waals surface area contributed by atoms with E-state index in [1.165, 1.54) is 14.0 Å². The highest BCUT2D eigenvalue weighted by Gasteiger charge is 2.49. The molecule has 2 aromatic carbocycles. The number of imide groups is 1. The van der Waals surface area contributed by atoms with Crippen LogP contribution in [0.3, 0.4) is 0 Å². The number of anilines is 1. The van der Waals surface area contributed by atoms with Crippen LogP contribution in [0.25, 0.3) is 0 Å². The Bertz CT molecular complexity index is 1020. The third-order valence-corrected chi connectivity index (χ3v) is 5.28. The fourth-order valence-corrected chi connectivity index (χ4v) is 3.51. The molecule has 2 aromatic rings. The van der Waals surface area contributed by atoms with Crippen molar-refractivity contribution < 1.29 is 19.1 Å². The van der Waals surface area contributed by atoms with Gasteiger partial charge in [-0.05, 0) is 48.9 Å². The quantitative estimate of drug-likeness (QED) is 0.654. The average molecular weight is 448 g/mol. The minimum absolute atomic E-state index is 0.0894. The number of ether oxygens (including phenoxy) is 1. The average Bonchev–Trinajstić information content (AvgIpc) is 3.08. The summed E-state index contributed by atoms with van der Waals surface area (Å²) >= 11 is 11.9. The van der Waals surface area contributed by atoms with Gasteiger partial charge in [0.1, 0.15) is 5.41 Å². The molecule has 0 aromatic heterocycles. The second-order valence-electron chi connectivity index (χ2n) is 6.95. The highest BCUT2D eigenvalue weighted by Crippen LogP contribution is 2.34. The maximum atomic E-state index is 13.2. The normalized spacial score (nSPS) is 18.0. The number of halogens is 2. The van der Waals surface area contributed by atoms with Crippen LogP contribution in [-0.4, -0.2) is 42.3 Å². The number of hydrazone groups is 1. The number of hydrogen-bond acceptors (Lipinski definition) is 5. The summed E-state index contributed by atoms with van der Waals surface area (Å²) in [5.74, 6) is -1.05. The Morgan fingerprint density at radius 2 is 1.57 bits per heavy atom. The molecule has 156 valence electrons. The Morgan fingerprint density at radius 3 is 2.07 bits per heavy atom. The molecule has 0 saturated carbocycles. The highest BCUT2D eigenvalue weighted by molar-refractivity contribution is 6.31. The zero-order chi connectivity index (χ0) is 22.1. The van der Waals surface area contributed by atoms with Crippen LogP contribution in [0, 0.1) is 5.41 Å². The third kappa shape index (κ3) is 4.04. The minimum Gasteiger partial charge on any atom is -0.468 e. The molecule has 0 N–H and O–H groups in total. The van der Waals surface area contributed by atoms with Gasteiger partial charge in [0.2, 0.25) is 5.91 Å². The van der Waals surface area contributed by atoms with E-state index < -0.39 is 23.3 Å². The third-order valence-electron chi connectivity index (χ3n) is 4.77. The molecule has 0 bridgehead atoms. The Morgan fingerprint density at radius 1 is 1.03 bits per heavy atom. The SMILES string of the molecule is COC(=O)C1(C)CN(C(=O)N(C(C)=O)c2ccc(Cl)cc2)N=C1c1ccc(Cl)cc1. The molecule has 30 heavy (non-hydrogen) atoms. The molecule has 0 aliphatic carbocycles. The summed E-state index contributed by atoms with van der Waals surface area (Å²) in [6, 6.07) is 12.3. The van der Waals surface area contributed by atoms with E-state index in [-0.39, 0.29) is 6.54 Å². The van der Waals surface area contributed by atoms with Crippen molar-refractivity contribution in [3.05, 3.63) is 64.1 Å². The summed E-state index contributed by atoms with van der Waals surface area (Å²) in [6.45, 7) is 2.82. The second-order valence-corrected chi connectivity index (χ2v) is 7.82. The van der Waals surface area contributed by atoms with Crippen LogP contribution in [0.2, 0.25) is 10.0 Å². The molecule has 0 fully saturated rings. The van der Waals surface area contributed by atoms with Crippen molar-refractivity contribution in [1.29, 1.82) is 0 Å². The summed E-state index contributed by atoms with van der Waals surface area (Å²) in [5.41, 5.74) is 0.0787. The summed E-state index contributed by atoms with van der Waals surface area (Å²) in [7, 11) is 1.27. The minimum atomic E-state index is -1.22. The largest absolute Gasteiger partial charge is 0.468 e. The van der Waals surface area contributed by atoms with Crippen molar-refractivity contribution in [2.75, 3.05) is 18.6 Å². The van der Waals surface area contributed by atoms with E-state index in [1.54, 1.807) is 55.5 Å². The lowest BCUT2D eigenvalue weighted by Gasteiger charge is -2.26. The summed E-state index contributed by atoms with van der Waals surface area (Å²) < 4.78 is 4.97. The fourth-order valence-electron chi connectivity index (χ4n) is 3.25. The molecule has 9 heteroatoms. The number of hydrogen-bond donors (Lipinski definition) is 0. The number of carbonyl (C=O) groups is 3. The Kier molecular flexibility index (Phi) is 6.14. The van der Waals surface area contributed by atoms with E-state index in [0.29, 0.717) is 27.0 Å². The molecule has 7 nitrogen and oxygen atoms in total. The smallest absolute Gasteiger partial charge is 0.351 e. The first-order chi connectivity index (χ1) is 14.2. The fraction of sp³-hybridized carbons (Fsp3) is 0.238. The lowest BCUT2D eigenvalue weighted by molar-refractivity contribution is -0.147. The van der Waals surface area contributed by atoms with E-state index in [2.05, 4.69) is 5.10 Å². The van der Waals surface area contributed by atoms with Crippen molar-refractivity contribution in [2.24, 2.45) is 10.5 Å². The van der Waals surface area contributed by atoms with E-state index in [4.69, 9.17) is 27.9 Å². The number of esters is 1. The van der Waals surface area contributed by atoms with E-state index in [0.717, 1.165) is 9.91 Å². The lowest BCUT2D eigenvalue weighted by atomic mass is 9.82. The van der Waals surface area contributed by atoms with Crippen LogP contribution >= 0.6 is 23.2 Å². The van der Waals surface area contributed by atoms with Crippen molar-refractivity contribution in [3.8, 4) is 0 Å². The van der Waals surface area contributed by atoms with Gasteiger partial charge in [-0.1, -0.05) is 35.3 Å². The topological polar surface area (TPSA) is 79.3 Å². The Balaban J connectivity index is 2.03.